The number of rotatable bonds is 5. The summed E-state index contributed by atoms with van der Waals surface area (Å²) in [6.07, 6.45) is -10.1. The summed E-state index contributed by atoms with van der Waals surface area (Å²) in [6.45, 7) is -0.0538. The summed E-state index contributed by atoms with van der Waals surface area (Å²) in [6, 6.07) is 10.6. The van der Waals surface area contributed by atoms with Crippen LogP contribution in [0.5, 0.6) is 17.2 Å². The molecule has 0 aliphatic rings. The van der Waals surface area contributed by atoms with E-state index in [1.165, 1.54) is 0 Å². The summed E-state index contributed by atoms with van der Waals surface area (Å²) in [5.41, 5.74) is 0.679. The van der Waals surface area contributed by atoms with Crippen LogP contribution >= 0.6 is 0 Å². The highest BCUT2D eigenvalue weighted by molar-refractivity contribution is 5.42. The highest BCUT2D eigenvalue weighted by Crippen LogP contribution is 2.34. The molecule has 9 heteroatoms. The Hall–Kier alpha value is -2.58. The van der Waals surface area contributed by atoms with Gasteiger partial charge in [0.2, 0.25) is 0 Å². The molecule has 0 bridgehead atoms. The number of hydrogen-bond donors (Lipinski definition) is 0. The Morgan fingerprint density at radius 2 is 1.12 bits per heavy atom. The van der Waals surface area contributed by atoms with Gasteiger partial charge < -0.3 is 14.2 Å². The van der Waals surface area contributed by atoms with Gasteiger partial charge in [0.25, 0.3) is 0 Å². The van der Waals surface area contributed by atoms with Crippen LogP contribution in [0.4, 0.5) is 26.3 Å². The molecule has 0 unspecified atom stereocenters. The van der Waals surface area contributed by atoms with Crippen LogP contribution < -0.4 is 14.2 Å². The van der Waals surface area contributed by atoms with Crippen LogP contribution in [0.3, 0.4) is 0 Å². The Kier molecular flexibility index (Phi) is 5.10. The maximum atomic E-state index is 12.3. The van der Waals surface area contributed by atoms with Crippen molar-refractivity contribution < 1.29 is 40.6 Å². The Labute approximate surface area is 132 Å². The van der Waals surface area contributed by atoms with Crippen molar-refractivity contribution in [1.82, 2.24) is 0 Å². The Bertz CT molecular complexity index is 633. The molecule has 0 spiro atoms. The van der Waals surface area contributed by atoms with E-state index in [0.717, 1.165) is 12.1 Å². The fourth-order valence-electron chi connectivity index (χ4n) is 1.75. The number of hydrogen-bond acceptors (Lipinski definition) is 3. The molecule has 0 radical (unpaired) electrons. The van der Waals surface area contributed by atoms with Gasteiger partial charge in [-0.1, -0.05) is 30.3 Å². The van der Waals surface area contributed by atoms with Gasteiger partial charge in [0.1, 0.15) is 23.9 Å². The second-order valence-electron chi connectivity index (χ2n) is 4.51. The highest BCUT2D eigenvalue weighted by Gasteiger charge is 2.34. The number of ether oxygens (including phenoxy) is 3. The predicted molar refractivity (Wildman–Crippen MR) is 70.6 cm³/mol. The first-order valence-electron chi connectivity index (χ1n) is 6.44. The van der Waals surface area contributed by atoms with E-state index in [0.29, 0.717) is 11.6 Å². The summed E-state index contributed by atoms with van der Waals surface area (Å²) in [5.74, 6) is -2.03. The topological polar surface area (TPSA) is 27.7 Å². The second-order valence-corrected chi connectivity index (χ2v) is 4.51. The average molecular weight is 352 g/mol. The van der Waals surface area contributed by atoms with Crippen LogP contribution in [-0.2, 0) is 6.61 Å². The lowest BCUT2D eigenvalue weighted by Crippen LogP contribution is -2.19. The maximum absolute atomic E-state index is 12.3. The lowest BCUT2D eigenvalue weighted by molar-refractivity contribution is -0.276. The lowest BCUT2D eigenvalue weighted by atomic mass is 10.2. The number of benzene rings is 2. The molecule has 3 nitrogen and oxygen atoms in total. The van der Waals surface area contributed by atoms with Crippen molar-refractivity contribution in [2.75, 3.05) is 0 Å². The molecule has 0 N–H and O–H groups in total. The summed E-state index contributed by atoms with van der Waals surface area (Å²) < 4.78 is 86.1. The quantitative estimate of drug-likeness (QED) is 0.704. The standard InChI is InChI=1S/C15H10F6O3/c16-14(17,18)23-12-6-11(7-13(8-12)24-15(19,20)21)22-9-10-4-2-1-3-5-10/h1-8H,9H2. The van der Waals surface area contributed by atoms with Gasteiger partial charge in [0, 0.05) is 18.2 Å². The molecule has 130 valence electrons. The van der Waals surface area contributed by atoms with Crippen LogP contribution in [-0.4, -0.2) is 12.7 Å². The van der Waals surface area contributed by atoms with Crippen LogP contribution in [0.15, 0.2) is 48.5 Å². The van der Waals surface area contributed by atoms with Gasteiger partial charge in [-0.05, 0) is 5.56 Å². The Morgan fingerprint density at radius 1 is 0.667 bits per heavy atom. The molecule has 2 aromatic carbocycles. The van der Waals surface area contributed by atoms with E-state index in [9.17, 15) is 26.3 Å². The van der Waals surface area contributed by atoms with Crippen molar-refractivity contribution in [3.05, 3.63) is 54.1 Å². The largest absolute Gasteiger partial charge is 0.573 e. The molecular formula is C15H10F6O3. The Morgan fingerprint density at radius 3 is 1.58 bits per heavy atom. The number of halogens is 6. The van der Waals surface area contributed by atoms with Gasteiger partial charge in [-0.15, -0.1) is 26.3 Å². The molecule has 0 aliphatic heterocycles. The SMILES string of the molecule is FC(F)(F)Oc1cc(OCc2ccccc2)cc(OC(F)(F)F)c1. The highest BCUT2D eigenvalue weighted by atomic mass is 19.4. The van der Waals surface area contributed by atoms with Crippen molar-refractivity contribution in [2.45, 2.75) is 19.3 Å². The third kappa shape index (κ3) is 6.27. The van der Waals surface area contributed by atoms with Crippen LogP contribution in [0.2, 0.25) is 0 Å². The first-order valence-corrected chi connectivity index (χ1v) is 6.44. The summed E-state index contributed by atoms with van der Waals surface area (Å²) in [5, 5.41) is 0. The molecule has 0 amide bonds. The zero-order valence-corrected chi connectivity index (χ0v) is 11.8. The third-order valence-corrected chi connectivity index (χ3v) is 2.57. The van der Waals surface area contributed by atoms with Gasteiger partial charge in [0.15, 0.2) is 0 Å². The van der Waals surface area contributed by atoms with Crippen molar-refractivity contribution in [3.8, 4) is 17.2 Å². The average Bonchev–Trinajstić information content (AvgIpc) is 2.42. The van der Waals surface area contributed by atoms with Crippen LogP contribution in [0, 0.1) is 0 Å². The first kappa shape index (κ1) is 17.8. The minimum absolute atomic E-state index is 0.0538. The summed E-state index contributed by atoms with van der Waals surface area (Å²) >= 11 is 0. The van der Waals surface area contributed by atoms with Gasteiger partial charge >= 0.3 is 12.7 Å². The minimum Gasteiger partial charge on any atom is -0.489 e. The summed E-state index contributed by atoms with van der Waals surface area (Å²) in [4.78, 5) is 0. The zero-order chi connectivity index (χ0) is 17.8. The lowest BCUT2D eigenvalue weighted by Gasteiger charge is -2.15. The van der Waals surface area contributed by atoms with Gasteiger partial charge in [0.05, 0.1) is 0 Å². The predicted octanol–water partition coefficient (Wildman–Crippen LogP) is 5.06. The third-order valence-electron chi connectivity index (χ3n) is 2.57. The molecule has 24 heavy (non-hydrogen) atoms. The van der Waals surface area contributed by atoms with Crippen molar-refractivity contribution in [3.63, 3.8) is 0 Å². The molecule has 0 fully saturated rings. The smallest absolute Gasteiger partial charge is 0.489 e. The Balaban J connectivity index is 2.21. The fourth-order valence-corrected chi connectivity index (χ4v) is 1.75. The molecular weight excluding hydrogens is 342 g/mol. The van der Waals surface area contributed by atoms with Gasteiger partial charge in [-0.3, -0.25) is 0 Å². The monoisotopic (exact) mass is 352 g/mol. The minimum atomic E-state index is -5.06. The molecule has 2 rings (SSSR count). The zero-order valence-electron chi connectivity index (χ0n) is 11.8. The fraction of sp³-hybridized carbons (Fsp3) is 0.200. The summed E-state index contributed by atoms with van der Waals surface area (Å²) in [7, 11) is 0. The molecule has 0 saturated carbocycles. The van der Waals surface area contributed by atoms with E-state index in [-0.39, 0.29) is 12.4 Å². The maximum Gasteiger partial charge on any atom is 0.573 e. The van der Waals surface area contributed by atoms with Crippen molar-refractivity contribution in [2.24, 2.45) is 0 Å². The molecule has 0 aromatic heterocycles. The molecule has 0 aliphatic carbocycles. The first-order chi connectivity index (χ1) is 11.1. The van der Waals surface area contributed by atoms with E-state index in [2.05, 4.69) is 9.47 Å². The van der Waals surface area contributed by atoms with Crippen molar-refractivity contribution in [1.29, 1.82) is 0 Å². The van der Waals surface area contributed by atoms with Gasteiger partial charge in [-0.25, -0.2) is 0 Å². The normalized spacial score (nSPS) is 11.9. The number of alkyl halides is 6. The molecule has 0 heterocycles. The second kappa shape index (κ2) is 6.90. The van der Waals surface area contributed by atoms with Crippen LogP contribution in [0.25, 0.3) is 0 Å². The van der Waals surface area contributed by atoms with E-state index >= 15 is 0 Å². The van der Waals surface area contributed by atoms with Crippen molar-refractivity contribution >= 4 is 0 Å². The van der Waals surface area contributed by atoms with Crippen LogP contribution in [0.1, 0.15) is 5.56 Å². The van der Waals surface area contributed by atoms with E-state index in [1.54, 1.807) is 30.3 Å². The van der Waals surface area contributed by atoms with E-state index < -0.39 is 24.2 Å². The molecule has 0 atom stereocenters. The van der Waals surface area contributed by atoms with Gasteiger partial charge in [-0.2, -0.15) is 0 Å². The molecule has 0 saturated heterocycles. The van der Waals surface area contributed by atoms with E-state index in [1.807, 2.05) is 0 Å². The van der Waals surface area contributed by atoms with E-state index in [4.69, 9.17) is 4.74 Å². The molecule has 2 aromatic rings.